The minimum absolute atomic E-state index is 0.0202. The Morgan fingerprint density at radius 1 is 0.784 bits per heavy atom. The monoisotopic (exact) mass is 1060 g/mol. The molecule has 1 aliphatic rings. The lowest BCUT2D eigenvalue weighted by Crippen LogP contribution is -2.58. The first-order valence-electron chi connectivity index (χ1n) is 24.3. The molecule has 74 heavy (non-hydrogen) atoms. The number of benzene rings is 2. The molecule has 1 heterocycles. The first-order valence-corrected chi connectivity index (χ1v) is 25.8. The van der Waals surface area contributed by atoms with Crippen molar-refractivity contribution in [3.8, 4) is 5.75 Å². The summed E-state index contributed by atoms with van der Waals surface area (Å²) in [4.78, 5) is 109. The number of ketones is 1. The molecule has 0 saturated carbocycles. The Kier molecular flexibility index (Phi) is 21.9. The maximum atomic E-state index is 14.2. The van der Waals surface area contributed by atoms with E-state index in [4.69, 9.17) is 25.7 Å². The van der Waals surface area contributed by atoms with Gasteiger partial charge in [0.15, 0.2) is 5.78 Å². The van der Waals surface area contributed by atoms with E-state index in [1.54, 1.807) is 99.6 Å². The fourth-order valence-electron chi connectivity index (χ4n) is 7.80. The van der Waals surface area contributed by atoms with Crippen LogP contribution in [0.3, 0.4) is 0 Å². The number of carbonyl (C=O) groups is 8. The summed E-state index contributed by atoms with van der Waals surface area (Å²) >= 11 is 0. The molecule has 0 unspecified atom stereocenters. The lowest BCUT2D eigenvalue weighted by molar-refractivity contribution is -0.156. The van der Waals surface area contributed by atoms with Gasteiger partial charge in [0.2, 0.25) is 29.6 Å². The number of nitrogens with two attached hydrogens (primary N) is 2. The molecule has 24 heteroatoms. The van der Waals surface area contributed by atoms with Gasteiger partial charge in [-0.25, -0.2) is 17.9 Å². The first kappa shape index (κ1) is 61.5. The van der Waals surface area contributed by atoms with Crippen molar-refractivity contribution in [1.29, 1.82) is 0 Å². The molecular weight excluding hydrogens is 983 g/mol. The number of nitrogens with one attached hydrogen (secondary N) is 6. The van der Waals surface area contributed by atoms with Crippen LogP contribution in [-0.2, 0) is 54.7 Å². The van der Waals surface area contributed by atoms with Crippen molar-refractivity contribution in [1.82, 2.24) is 31.3 Å². The Hall–Kier alpha value is -6.82. The second-order valence-electron chi connectivity index (χ2n) is 20.7. The second kappa shape index (κ2) is 26.4. The molecule has 3 rings (SSSR count). The summed E-state index contributed by atoms with van der Waals surface area (Å²) in [5.41, 5.74) is 11.5. The number of unbranched alkanes of at least 4 members (excludes halogenated alkanes) is 1. The van der Waals surface area contributed by atoms with E-state index in [2.05, 4.69) is 36.3 Å². The van der Waals surface area contributed by atoms with Gasteiger partial charge in [0.25, 0.3) is 10.0 Å². The molecule has 0 aliphatic carbocycles. The van der Waals surface area contributed by atoms with Crippen LogP contribution in [0.5, 0.6) is 5.75 Å². The Labute approximate surface area is 432 Å². The molecule has 410 valence electrons. The predicted octanol–water partition coefficient (Wildman–Crippen LogP) is 2.38. The zero-order valence-electron chi connectivity index (χ0n) is 44.2. The Morgan fingerprint density at radius 2 is 1.35 bits per heavy atom. The van der Waals surface area contributed by atoms with Crippen LogP contribution in [0.15, 0.2) is 40.2 Å². The van der Waals surface area contributed by atoms with Crippen LogP contribution in [0.25, 0.3) is 0 Å². The molecule has 11 N–H and O–H groups in total. The minimum Gasteiger partial charge on any atom is -0.486 e. The maximum absolute atomic E-state index is 14.2. The lowest BCUT2D eigenvalue weighted by atomic mass is 9.87. The summed E-state index contributed by atoms with van der Waals surface area (Å²) in [7, 11) is -4.42. The van der Waals surface area contributed by atoms with Crippen LogP contribution >= 0.6 is 0 Å². The molecule has 2 aromatic carbocycles. The number of ether oxygens (including phenoxy) is 3. The number of aliphatic imine (C=N–C) groups is 1. The molecule has 5 amide bonds. The molecule has 0 bridgehead atoms. The fourth-order valence-corrected chi connectivity index (χ4v) is 9.31. The number of carboxylic acids is 1. The van der Waals surface area contributed by atoms with Crippen LogP contribution in [0.1, 0.15) is 133 Å². The largest absolute Gasteiger partial charge is 0.486 e. The number of alkyl carbamates (subject to hydrolysis) is 1. The highest BCUT2D eigenvalue weighted by Crippen LogP contribution is 2.42. The van der Waals surface area contributed by atoms with Gasteiger partial charge in [-0.15, -0.1) is 0 Å². The number of amides is 5. The van der Waals surface area contributed by atoms with Gasteiger partial charge in [-0.05, 0) is 131 Å². The number of rotatable bonds is 24. The molecular formula is C50H75N9O14S. The van der Waals surface area contributed by atoms with E-state index in [0.717, 1.165) is 0 Å². The van der Waals surface area contributed by atoms with Gasteiger partial charge in [0, 0.05) is 19.5 Å². The summed E-state index contributed by atoms with van der Waals surface area (Å²) in [6.07, 6.45) is -0.982. The maximum Gasteiger partial charge on any atom is 0.407 e. The van der Waals surface area contributed by atoms with Crippen LogP contribution in [-0.4, -0.2) is 128 Å². The number of esters is 1. The summed E-state index contributed by atoms with van der Waals surface area (Å²) in [6.45, 7) is 17.4. The summed E-state index contributed by atoms with van der Waals surface area (Å²) in [6, 6.07) is 3.02. The van der Waals surface area contributed by atoms with Crippen molar-refractivity contribution >= 4 is 63.4 Å². The summed E-state index contributed by atoms with van der Waals surface area (Å²) in [5, 5.41) is 22.0. The molecule has 0 aromatic heterocycles. The molecule has 23 nitrogen and oxygen atoms in total. The molecule has 1 aliphatic heterocycles. The zero-order chi connectivity index (χ0) is 55.9. The number of sulfonamides is 1. The van der Waals surface area contributed by atoms with Crippen LogP contribution in [0, 0.1) is 20.8 Å². The van der Waals surface area contributed by atoms with Gasteiger partial charge >= 0.3 is 18.0 Å². The fraction of sp³-hybridized carbons (Fsp3) is 0.580. The van der Waals surface area contributed by atoms with E-state index in [1.165, 1.54) is 6.92 Å². The van der Waals surface area contributed by atoms with E-state index in [0.29, 0.717) is 28.9 Å². The average Bonchev–Trinajstić information content (AvgIpc) is 3.25. The van der Waals surface area contributed by atoms with Gasteiger partial charge in [-0.2, -0.15) is 0 Å². The summed E-state index contributed by atoms with van der Waals surface area (Å²) < 4.78 is 46.5. The third-order valence-electron chi connectivity index (χ3n) is 11.2. The molecule has 0 radical (unpaired) electrons. The van der Waals surface area contributed by atoms with Crippen molar-refractivity contribution < 1.29 is 66.1 Å². The van der Waals surface area contributed by atoms with Crippen molar-refractivity contribution in [3.05, 3.63) is 58.1 Å². The zero-order valence-corrected chi connectivity index (χ0v) is 45.1. The quantitative estimate of drug-likeness (QED) is 0.0315. The highest BCUT2D eigenvalue weighted by atomic mass is 32.2. The van der Waals surface area contributed by atoms with Crippen LogP contribution in [0.2, 0.25) is 0 Å². The second-order valence-corrected chi connectivity index (χ2v) is 22.3. The van der Waals surface area contributed by atoms with Crippen molar-refractivity contribution in [2.45, 2.75) is 173 Å². The average molecular weight is 1060 g/mol. The number of guanidine groups is 1. The van der Waals surface area contributed by atoms with Gasteiger partial charge in [0.05, 0.1) is 29.3 Å². The molecule has 0 spiro atoms. The Balaban J connectivity index is 1.87. The van der Waals surface area contributed by atoms with Crippen molar-refractivity contribution in [2.24, 2.45) is 16.5 Å². The van der Waals surface area contributed by atoms with Gasteiger partial charge in [0.1, 0.15) is 47.2 Å². The standard InChI is InChI=1S/C50H75N9O14S/c1-28-29(2)41(30(3)39-36(60)26-50(10,11)72-40(28)39)74(69,70)59-46(52)53-23-17-21-33(43(65)55-27-37(61)62)56-44(66)34(20-15-16-22-54-47(68)73-49(7,8)9)57-45(67)35(24-31-18-13-12-14-19-31)58-42(64)32(51)25-38(63)71-48(4,5)6/h12-14,18-19,32-35H,15-17,20-27,51H2,1-11H3,(H,54,68)(H,55,65)(H,56,66)(H,57,67)(H,58,64)(H,61,62)(H3,52,53,59)/t32-,33-,34-,35+/m0/s1. The van der Waals surface area contributed by atoms with E-state index < -0.39 is 112 Å². The van der Waals surface area contributed by atoms with Crippen molar-refractivity contribution in [2.75, 3.05) is 19.6 Å². The van der Waals surface area contributed by atoms with E-state index in [-0.39, 0.29) is 73.4 Å². The van der Waals surface area contributed by atoms with E-state index in [9.17, 15) is 51.9 Å². The molecule has 0 saturated heterocycles. The SMILES string of the molecule is Cc1c(C)c(S(=O)(=O)NC(N)=NCCC[C@H](NC(=O)[C@H](CCCCNC(=O)OC(C)(C)C)NC(=O)[C@@H](Cc2ccccc2)NC(=O)[C@@H](N)CC(=O)OC(C)(C)C)C(=O)NCC(=O)O)c(C)c2c1OC(C)(C)CC2=O. The van der Waals surface area contributed by atoms with Gasteiger partial charge < -0.3 is 57.4 Å². The lowest BCUT2D eigenvalue weighted by Gasteiger charge is -2.34. The van der Waals surface area contributed by atoms with Crippen molar-refractivity contribution in [3.63, 3.8) is 0 Å². The third kappa shape index (κ3) is 19.9. The smallest absolute Gasteiger partial charge is 0.407 e. The number of nitrogens with zero attached hydrogens (tertiary/aromatic N) is 1. The number of hydrogen-bond donors (Lipinski definition) is 9. The van der Waals surface area contributed by atoms with E-state index >= 15 is 0 Å². The van der Waals surface area contributed by atoms with Gasteiger partial charge in [-0.3, -0.25) is 38.6 Å². The number of Topliss-reactive ketones (excluding diaryl/α,β-unsaturated/α-hetero) is 1. The normalized spacial score (nSPS) is 15.1. The first-order chi connectivity index (χ1) is 34.2. The van der Waals surface area contributed by atoms with Crippen LogP contribution in [0.4, 0.5) is 4.79 Å². The molecule has 0 fully saturated rings. The Bertz CT molecular complexity index is 2540. The topological polar surface area (TPSA) is 355 Å². The summed E-state index contributed by atoms with van der Waals surface area (Å²) in [5.74, 6) is -6.10. The number of carboxylic acid groups (broad SMARTS) is 1. The number of carbonyl (C=O) groups excluding carboxylic acids is 7. The van der Waals surface area contributed by atoms with E-state index in [1.807, 2.05) is 0 Å². The molecule has 4 atom stereocenters. The number of hydrogen-bond acceptors (Lipinski definition) is 15. The minimum atomic E-state index is -4.42. The predicted molar refractivity (Wildman–Crippen MR) is 273 cm³/mol. The number of aliphatic carboxylic acids is 1. The molecule has 2 aromatic rings. The highest BCUT2D eigenvalue weighted by Gasteiger charge is 2.39. The highest BCUT2D eigenvalue weighted by molar-refractivity contribution is 7.90. The number of fused-ring (bicyclic) bond motifs is 1. The third-order valence-corrected chi connectivity index (χ3v) is 12.8. The van der Waals surface area contributed by atoms with Gasteiger partial charge in [-0.1, -0.05) is 30.3 Å². The van der Waals surface area contributed by atoms with Crippen LogP contribution < -0.4 is 47.5 Å². The Morgan fingerprint density at radius 3 is 1.95 bits per heavy atom.